The van der Waals surface area contributed by atoms with Crippen LogP contribution >= 0.6 is 0 Å². The lowest BCUT2D eigenvalue weighted by atomic mass is 10.0. The molecule has 11 heteroatoms. The standard InChI is InChI=1S/C28H28F3N5O3/c1-3-35-16-22-7-9-39-10-8-36(22)24-12-19(14-33-25(24)27(35)38)23-13-21(15-32-17(23)2)34-26(37)18-5-4-6-20(11-18)28(29,30)31/h4-6,11-15,22H,3,7-10,16H2,1-2H3,(H,34,37)/t22-/m0/s1. The molecule has 1 atom stereocenters. The minimum Gasteiger partial charge on any atom is -0.380 e. The largest absolute Gasteiger partial charge is 0.416 e. The number of hydrogen-bond acceptors (Lipinski definition) is 6. The molecule has 1 fully saturated rings. The monoisotopic (exact) mass is 539 g/mol. The summed E-state index contributed by atoms with van der Waals surface area (Å²) < 4.78 is 45.0. The molecule has 1 aromatic carbocycles. The summed E-state index contributed by atoms with van der Waals surface area (Å²) in [7, 11) is 0. The highest BCUT2D eigenvalue weighted by atomic mass is 19.4. The van der Waals surface area contributed by atoms with E-state index in [4.69, 9.17) is 4.74 Å². The molecule has 5 rings (SSSR count). The van der Waals surface area contributed by atoms with Crippen molar-refractivity contribution >= 4 is 23.2 Å². The molecular formula is C28H28F3N5O3. The molecule has 2 amide bonds. The minimum atomic E-state index is -4.55. The highest BCUT2D eigenvalue weighted by Crippen LogP contribution is 2.34. The van der Waals surface area contributed by atoms with Crippen LogP contribution in [0.5, 0.6) is 0 Å². The van der Waals surface area contributed by atoms with E-state index in [1.54, 1.807) is 17.2 Å². The van der Waals surface area contributed by atoms with E-state index in [-0.39, 0.29) is 17.5 Å². The van der Waals surface area contributed by atoms with Gasteiger partial charge in [-0.1, -0.05) is 6.07 Å². The van der Waals surface area contributed by atoms with E-state index in [9.17, 15) is 22.8 Å². The van der Waals surface area contributed by atoms with E-state index in [1.807, 2.05) is 19.9 Å². The van der Waals surface area contributed by atoms with E-state index in [1.165, 1.54) is 18.3 Å². The van der Waals surface area contributed by atoms with E-state index >= 15 is 0 Å². The Morgan fingerprint density at radius 2 is 1.97 bits per heavy atom. The summed E-state index contributed by atoms with van der Waals surface area (Å²) in [6, 6.07) is 7.95. The molecule has 1 saturated heterocycles. The smallest absolute Gasteiger partial charge is 0.380 e. The van der Waals surface area contributed by atoms with Gasteiger partial charge in [0.1, 0.15) is 0 Å². The molecule has 204 valence electrons. The Labute approximate surface area is 223 Å². The first-order valence-electron chi connectivity index (χ1n) is 12.7. The van der Waals surface area contributed by atoms with Gasteiger partial charge in [-0.3, -0.25) is 14.6 Å². The third-order valence-corrected chi connectivity index (χ3v) is 7.10. The van der Waals surface area contributed by atoms with Crippen LogP contribution in [0.1, 0.15) is 45.4 Å². The number of likely N-dealkylation sites (N-methyl/N-ethyl adjacent to an activating group) is 1. The molecular weight excluding hydrogens is 511 g/mol. The van der Waals surface area contributed by atoms with Gasteiger partial charge in [-0.15, -0.1) is 0 Å². The lowest BCUT2D eigenvalue weighted by molar-refractivity contribution is -0.137. The quantitative estimate of drug-likeness (QED) is 0.513. The number of nitrogens with one attached hydrogen (secondary N) is 1. The fourth-order valence-electron chi connectivity index (χ4n) is 5.01. The maximum atomic E-state index is 13.3. The first-order chi connectivity index (χ1) is 18.7. The number of hydrogen-bond donors (Lipinski definition) is 1. The predicted molar refractivity (Wildman–Crippen MR) is 140 cm³/mol. The zero-order valence-electron chi connectivity index (χ0n) is 21.6. The van der Waals surface area contributed by atoms with Crippen LogP contribution in [0.4, 0.5) is 24.5 Å². The number of carbonyl (C=O) groups excluding carboxylic acids is 2. The van der Waals surface area contributed by atoms with Gasteiger partial charge >= 0.3 is 6.18 Å². The third-order valence-electron chi connectivity index (χ3n) is 7.10. The number of amides is 2. The van der Waals surface area contributed by atoms with Crippen LogP contribution in [0, 0.1) is 6.92 Å². The topological polar surface area (TPSA) is 87.7 Å². The zero-order valence-corrected chi connectivity index (χ0v) is 21.6. The second-order valence-corrected chi connectivity index (χ2v) is 9.57. The maximum absolute atomic E-state index is 13.3. The van der Waals surface area contributed by atoms with E-state index in [0.717, 1.165) is 24.2 Å². The number of alkyl halides is 3. The number of carbonyl (C=O) groups is 2. The number of benzene rings is 1. The molecule has 2 aliphatic heterocycles. The SMILES string of the molecule is CCN1C[C@@H]2CCOCCN2c2cc(-c3cc(NC(=O)c4cccc(C(F)(F)F)c4)cnc3C)cnc2C1=O. The summed E-state index contributed by atoms with van der Waals surface area (Å²) in [6.45, 7) is 6.70. The molecule has 0 spiro atoms. The van der Waals surface area contributed by atoms with Gasteiger partial charge in [-0.25, -0.2) is 4.98 Å². The molecule has 0 aliphatic carbocycles. The number of pyridine rings is 2. The number of ether oxygens (including phenoxy) is 1. The van der Waals surface area contributed by atoms with Gasteiger partial charge in [-0.2, -0.15) is 13.2 Å². The summed E-state index contributed by atoms with van der Waals surface area (Å²) in [4.78, 5) is 39.0. The molecule has 2 aromatic heterocycles. The van der Waals surface area contributed by atoms with Crippen molar-refractivity contribution in [2.45, 2.75) is 32.5 Å². The predicted octanol–water partition coefficient (Wildman–Crippen LogP) is 4.79. The fourth-order valence-corrected chi connectivity index (χ4v) is 5.01. The Kier molecular flexibility index (Phi) is 7.26. The summed E-state index contributed by atoms with van der Waals surface area (Å²) in [5.74, 6) is -0.805. The van der Waals surface area contributed by atoms with Crippen molar-refractivity contribution < 1.29 is 27.5 Å². The lowest BCUT2D eigenvalue weighted by Crippen LogP contribution is -2.43. The van der Waals surface area contributed by atoms with Gasteiger partial charge in [0.05, 0.1) is 29.7 Å². The highest BCUT2D eigenvalue weighted by Gasteiger charge is 2.34. The summed E-state index contributed by atoms with van der Waals surface area (Å²) in [5, 5.41) is 2.64. The normalized spacial score (nSPS) is 17.7. The second kappa shape index (κ2) is 10.6. The van der Waals surface area contributed by atoms with Gasteiger partial charge in [0.2, 0.25) is 0 Å². The average molecular weight is 540 g/mol. The molecule has 3 aromatic rings. The van der Waals surface area contributed by atoms with Crippen molar-refractivity contribution in [3.8, 4) is 11.1 Å². The van der Waals surface area contributed by atoms with Crippen LogP contribution in [0.2, 0.25) is 0 Å². The Balaban J connectivity index is 1.48. The van der Waals surface area contributed by atoms with Crippen LogP contribution in [0.15, 0.2) is 48.8 Å². The summed E-state index contributed by atoms with van der Waals surface area (Å²) in [6.07, 6.45) is -0.708. The number of aromatic nitrogens is 2. The Morgan fingerprint density at radius 1 is 1.15 bits per heavy atom. The molecule has 0 radical (unpaired) electrons. The van der Waals surface area contributed by atoms with Gasteiger partial charge in [0, 0.05) is 60.9 Å². The van der Waals surface area contributed by atoms with Crippen molar-refractivity contribution in [3.05, 3.63) is 71.3 Å². The van der Waals surface area contributed by atoms with Gasteiger partial charge in [-0.05, 0) is 50.6 Å². The van der Waals surface area contributed by atoms with Gasteiger partial charge in [0.15, 0.2) is 5.69 Å². The van der Waals surface area contributed by atoms with Crippen LogP contribution in [0.25, 0.3) is 11.1 Å². The van der Waals surface area contributed by atoms with Crippen molar-refractivity contribution in [2.24, 2.45) is 0 Å². The Bertz CT molecular complexity index is 1410. The van der Waals surface area contributed by atoms with Crippen LogP contribution in [0.3, 0.4) is 0 Å². The number of nitrogens with zero attached hydrogens (tertiary/aromatic N) is 4. The minimum absolute atomic E-state index is 0.0898. The maximum Gasteiger partial charge on any atom is 0.416 e. The molecule has 39 heavy (non-hydrogen) atoms. The van der Waals surface area contributed by atoms with Crippen molar-refractivity contribution in [2.75, 3.05) is 43.1 Å². The third kappa shape index (κ3) is 5.44. The summed E-state index contributed by atoms with van der Waals surface area (Å²) in [5.41, 5.74) is 2.46. The molecule has 1 N–H and O–H groups in total. The highest BCUT2D eigenvalue weighted by molar-refractivity contribution is 6.04. The zero-order chi connectivity index (χ0) is 27.7. The number of rotatable bonds is 4. The molecule has 8 nitrogen and oxygen atoms in total. The number of anilines is 2. The first-order valence-corrected chi connectivity index (χ1v) is 12.7. The van der Waals surface area contributed by atoms with Crippen molar-refractivity contribution in [1.29, 1.82) is 0 Å². The Hall–Kier alpha value is -3.99. The van der Waals surface area contributed by atoms with Crippen LogP contribution in [-0.4, -0.2) is 65.6 Å². The van der Waals surface area contributed by atoms with Crippen LogP contribution < -0.4 is 10.2 Å². The molecule has 0 bridgehead atoms. The summed E-state index contributed by atoms with van der Waals surface area (Å²) >= 11 is 0. The molecule has 0 unspecified atom stereocenters. The lowest BCUT2D eigenvalue weighted by Gasteiger charge is -2.31. The molecule has 0 saturated carbocycles. The molecule has 4 heterocycles. The van der Waals surface area contributed by atoms with E-state index in [0.29, 0.717) is 61.1 Å². The van der Waals surface area contributed by atoms with Gasteiger partial charge in [0.25, 0.3) is 11.8 Å². The average Bonchev–Trinajstić information content (AvgIpc) is 3.22. The Morgan fingerprint density at radius 3 is 2.74 bits per heavy atom. The fraction of sp³-hybridized carbons (Fsp3) is 0.357. The van der Waals surface area contributed by atoms with Crippen molar-refractivity contribution in [1.82, 2.24) is 14.9 Å². The van der Waals surface area contributed by atoms with Gasteiger partial charge < -0.3 is 19.9 Å². The second-order valence-electron chi connectivity index (χ2n) is 9.57. The number of halogens is 3. The van der Waals surface area contributed by atoms with Crippen molar-refractivity contribution in [3.63, 3.8) is 0 Å². The first kappa shape index (κ1) is 26.6. The number of aryl methyl sites for hydroxylation is 1. The molecule has 2 aliphatic rings. The van der Waals surface area contributed by atoms with Crippen LogP contribution in [-0.2, 0) is 10.9 Å². The van der Waals surface area contributed by atoms with E-state index in [2.05, 4.69) is 20.2 Å². The van der Waals surface area contributed by atoms with E-state index < -0.39 is 17.6 Å². The number of fused-ring (bicyclic) bond motifs is 3.